The summed E-state index contributed by atoms with van der Waals surface area (Å²) in [7, 11) is -1.59. The van der Waals surface area contributed by atoms with Crippen LogP contribution in [0.5, 0.6) is 5.75 Å². The van der Waals surface area contributed by atoms with Crippen LogP contribution >= 0.6 is 0 Å². The van der Waals surface area contributed by atoms with Gasteiger partial charge in [-0.25, -0.2) is 12.7 Å². The van der Waals surface area contributed by atoms with Gasteiger partial charge in [-0.3, -0.25) is 4.79 Å². The second-order valence-electron chi connectivity index (χ2n) is 4.91. The highest BCUT2D eigenvalue weighted by Gasteiger charge is 2.25. The van der Waals surface area contributed by atoms with Crippen LogP contribution in [0.3, 0.4) is 0 Å². The molecule has 1 N–H and O–H groups in total. The van der Waals surface area contributed by atoms with Crippen LogP contribution in [-0.2, 0) is 10.0 Å². The smallest absolute Gasteiger partial charge is 0.251 e. The first-order chi connectivity index (χ1) is 10.0. The molecule has 21 heavy (non-hydrogen) atoms. The average molecular weight is 312 g/mol. The summed E-state index contributed by atoms with van der Waals surface area (Å²) >= 11 is 0. The Morgan fingerprint density at radius 2 is 2.19 bits per heavy atom. The van der Waals surface area contributed by atoms with Gasteiger partial charge in [0.15, 0.2) is 0 Å². The Labute approximate surface area is 125 Å². The Morgan fingerprint density at radius 3 is 2.90 bits per heavy atom. The first-order valence-electron chi connectivity index (χ1n) is 6.93. The molecule has 2 rings (SSSR count). The monoisotopic (exact) mass is 312 g/mol. The van der Waals surface area contributed by atoms with Gasteiger partial charge < -0.3 is 10.1 Å². The number of methoxy groups -OCH3 is 1. The molecule has 1 amide bonds. The molecule has 1 aromatic rings. The zero-order chi connectivity index (χ0) is 15.3. The molecule has 7 heteroatoms. The van der Waals surface area contributed by atoms with E-state index >= 15 is 0 Å². The number of rotatable bonds is 5. The van der Waals surface area contributed by atoms with E-state index in [1.165, 1.54) is 11.4 Å². The Morgan fingerprint density at radius 1 is 1.38 bits per heavy atom. The van der Waals surface area contributed by atoms with E-state index in [0.29, 0.717) is 30.9 Å². The van der Waals surface area contributed by atoms with Crippen LogP contribution in [0.25, 0.3) is 0 Å². The highest BCUT2D eigenvalue weighted by molar-refractivity contribution is 7.89. The standard InChI is InChI=1S/C14H20N2O4S/c1-20-13-6-4-5-12(11-13)14(17)15-7-9-16-8-2-3-10-21(16,18)19/h4-6,11H,2-3,7-10H2,1H3,(H,15,17). The number of carbonyl (C=O) groups excluding carboxylic acids is 1. The van der Waals surface area contributed by atoms with Gasteiger partial charge in [-0.2, -0.15) is 0 Å². The molecule has 6 nitrogen and oxygen atoms in total. The maximum atomic E-state index is 12.0. The predicted octanol–water partition coefficient (Wildman–Crippen LogP) is 0.851. The SMILES string of the molecule is COc1cccc(C(=O)NCCN2CCCCS2(=O)=O)c1. The fourth-order valence-corrected chi connectivity index (χ4v) is 3.86. The fraction of sp³-hybridized carbons (Fsp3) is 0.500. The third kappa shape index (κ3) is 4.18. The number of ether oxygens (including phenoxy) is 1. The predicted molar refractivity (Wildman–Crippen MR) is 79.9 cm³/mol. The molecule has 0 atom stereocenters. The number of benzene rings is 1. The second kappa shape index (κ2) is 6.91. The van der Waals surface area contributed by atoms with Gasteiger partial charge >= 0.3 is 0 Å². The van der Waals surface area contributed by atoms with Crippen molar-refractivity contribution in [3.05, 3.63) is 29.8 Å². The topological polar surface area (TPSA) is 75.7 Å². The molecule has 1 saturated heterocycles. The van der Waals surface area contributed by atoms with E-state index in [2.05, 4.69) is 5.32 Å². The summed E-state index contributed by atoms with van der Waals surface area (Å²) < 4.78 is 30.1. The summed E-state index contributed by atoms with van der Waals surface area (Å²) in [5.41, 5.74) is 0.496. The molecule has 1 aromatic carbocycles. The maximum absolute atomic E-state index is 12.0. The first kappa shape index (κ1) is 15.8. The molecule has 0 bridgehead atoms. The van der Waals surface area contributed by atoms with Crippen molar-refractivity contribution in [1.82, 2.24) is 9.62 Å². The van der Waals surface area contributed by atoms with E-state index in [9.17, 15) is 13.2 Å². The lowest BCUT2D eigenvalue weighted by Gasteiger charge is -2.26. The zero-order valence-electron chi connectivity index (χ0n) is 12.0. The Bertz CT molecular complexity index is 601. The van der Waals surface area contributed by atoms with Crippen LogP contribution in [0.1, 0.15) is 23.2 Å². The molecule has 0 saturated carbocycles. The number of hydrogen-bond donors (Lipinski definition) is 1. The third-order valence-corrected chi connectivity index (χ3v) is 5.39. The minimum absolute atomic E-state index is 0.205. The molecule has 1 aliphatic rings. The fourth-order valence-electron chi connectivity index (χ4n) is 2.25. The lowest BCUT2D eigenvalue weighted by molar-refractivity contribution is 0.0951. The van der Waals surface area contributed by atoms with Crippen molar-refractivity contribution in [2.45, 2.75) is 12.8 Å². The molecule has 0 spiro atoms. The Kier molecular flexibility index (Phi) is 5.19. The van der Waals surface area contributed by atoms with E-state index in [-0.39, 0.29) is 11.7 Å². The van der Waals surface area contributed by atoms with Gasteiger partial charge in [-0.15, -0.1) is 0 Å². The molecule has 0 unspecified atom stereocenters. The number of carbonyl (C=O) groups is 1. The Balaban J connectivity index is 1.86. The molecule has 1 fully saturated rings. The number of sulfonamides is 1. The van der Waals surface area contributed by atoms with Gasteiger partial charge in [0, 0.05) is 25.2 Å². The van der Waals surface area contributed by atoms with Gasteiger partial charge in [0.25, 0.3) is 5.91 Å². The molecule has 1 aliphatic heterocycles. The first-order valence-corrected chi connectivity index (χ1v) is 8.54. The highest BCUT2D eigenvalue weighted by Crippen LogP contribution is 2.13. The normalized spacial score (nSPS) is 18.1. The lowest BCUT2D eigenvalue weighted by atomic mass is 10.2. The summed E-state index contributed by atoms with van der Waals surface area (Å²) in [5.74, 6) is 0.584. The summed E-state index contributed by atoms with van der Waals surface area (Å²) in [6, 6.07) is 6.84. The van der Waals surface area contributed by atoms with Gasteiger partial charge in [0.2, 0.25) is 10.0 Å². The summed E-state index contributed by atoms with van der Waals surface area (Å²) in [6.07, 6.45) is 1.60. The zero-order valence-corrected chi connectivity index (χ0v) is 12.9. The van der Waals surface area contributed by atoms with Gasteiger partial charge in [-0.05, 0) is 31.0 Å². The van der Waals surface area contributed by atoms with E-state index in [1.54, 1.807) is 24.3 Å². The third-order valence-electron chi connectivity index (χ3n) is 3.43. The van der Waals surface area contributed by atoms with Crippen LogP contribution in [0.15, 0.2) is 24.3 Å². The molecule has 116 valence electrons. The highest BCUT2D eigenvalue weighted by atomic mass is 32.2. The second-order valence-corrected chi connectivity index (χ2v) is 7.00. The molecular weight excluding hydrogens is 292 g/mol. The number of nitrogens with one attached hydrogen (secondary N) is 1. The Hall–Kier alpha value is -1.60. The molecule has 0 aliphatic carbocycles. The maximum Gasteiger partial charge on any atom is 0.251 e. The van der Waals surface area contributed by atoms with Crippen LogP contribution in [0.2, 0.25) is 0 Å². The molecule has 1 heterocycles. The number of hydrogen-bond acceptors (Lipinski definition) is 4. The lowest BCUT2D eigenvalue weighted by Crippen LogP contribution is -2.42. The van der Waals surface area contributed by atoms with E-state index < -0.39 is 10.0 Å². The van der Waals surface area contributed by atoms with E-state index in [1.807, 2.05) is 0 Å². The van der Waals surface area contributed by atoms with Crippen molar-refractivity contribution >= 4 is 15.9 Å². The van der Waals surface area contributed by atoms with Crippen molar-refractivity contribution in [3.63, 3.8) is 0 Å². The summed E-state index contributed by atoms with van der Waals surface area (Å²) in [6.45, 7) is 1.16. The van der Waals surface area contributed by atoms with Gasteiger partial charge in [0.05, 0.1) is 12.9 Å². The van der Waals surface area contributed by atoms with Crippen molar-refractivity contribution in [2.75, 3.05) is 32.5 Å². The number of nitrogens with zero attached hydrogens (tertiary/aromatic N) is 1. The summed E-state index contributed by atoms with van der Waals surface area (Å²) in [5, 5.41) is 2.73. The minimum atomic E-state index is -3.13. The number of amides is 1. The largest absolute Gasteiger partial charge is 0.497 e. The summed E-state index contributed by atoms with van der Waals surface area (Å²) in [4.78, 5) is 12.0. The van der Waals surface area contributed by atoms with Crippen LogP contribution in [0, 0.1) is 0 Å². The van der Waals surface area contributed by atoms with Crippen LogP contribution < -0.4 is 10.1 Å². The van der Waals surface area contributed by atoms with Crippen molar-refractivity contribution < 1.29 is 17.9 Å². The van der Waals surface area contributed by atoms with Gasteiger partial charge in [-0.1, -0.05) is 6.07 Å². The van der Waals surface area contributed by atoms with E-state index in [4.69, 9.17) is 4.74 Å². The average Bonchev–Trinajstić information content (AvgIpc) is 2.48. The molecule has 0 radical (unpaired) electrons. The van der Waals surface area contributed by atoms with Crippen molar-refractivity contribution in [2.24, 2.45) is 0 Å². The minimum Gasteiger partial charge on any atom is -0.497 e. The molecule has 0 aromatic heterocycles. The quantitative estimate of drug-likeness (QED) is 0.874. The van der Waals surface area contributed by atoms with Crippen molar-refractivity contribution in [3.8, 4) is 5.75 Å². The van der Waals surface area contributed by atoms with Crippen LogP contribution in [-0.4, -0.2) is 51.1 Å². The van der Waals surface area contributed by atoms with Crippen LogP contribution in [0.4, 0.5) is 0 Å². The van der Waals surface area contributed by atoms with E-state index in [0.717, 1.165) is 12.8 Å². The van der Waals surface area contributed by atoms with Gasteiger partial charge in [0.1, 0.15) is 5.75 Å². The molecular formula is C14H20N2O4S. The van der Waals surface area contributed by atoms with Crippen molar-refractivity contribution in [1.29, 1.82) is 0 Å².